The zero-order valence-corrected chi connectivity index (χ0v) is 10.5. The summed E-state index contributed by atoms with van der Waals surface area (Å²) in [4.78, 5) is 15.5. The molecule has 0 aromatic carbocycles. The Morgan fingerprint density at radius 1 is 1.59 bits per heavy atom. The highest BCUT2D eigenvalue weighted by molar-refractivity contribution is 6.32. The zero-order valence-electron chi connectivity index (χ0n) is 9.70. The van der Waals surface area contributed by atoms with Crippen LogP contribution in [0.2, 0.25) is 5.15 Å². The lowest BCUT2D eigenvalue weighted by Crippen LogP contribution is -2.16. The van der Waals surface area contributed by atoms with Crippen LogP contribution < -0.4 is 11.1 Å². The number of carbonyl (C=O) groups excluding carboxylic acids is 1. The number of aromatic nitrogens is 1. The minimum absolute atomic E-state index is 0.156. The summed E-state index contributed by atoms with van der Waals surface area (Å²) < 4.78 is 5.11. The Bertz CT molecular complexity index is 385. The number of nitrogens with two attached hydrogens (primary N) is 1. The number of hydrogen-bond donors (Lipinski definition) is 2. The van der Waals surface area contributed by atoms with Crippen LogP contribution in [0.4, 0.5) is 5.69 Å². The van der Waals surface area contributed by atoms with Crippen molar-refractivity contribution in [1.82, 2.24) is 4.98 Å². The van der Waals surface area contributed by atoms with E-state index in [1.165, 1.54) is 0 Å². The third-order valence-electron chi connectivity index (χ3n) is 1.99. The quantitative estimate of drug-likeness (QED) is 0.596. The summed E-state index contributed by atoms with van der Waals surface area (Å²) in [6.45, 7) is 3.14. The average molecular weight is 258 g/mol. The zero-order chi connectivity index (χ0) is 12.7. The Morgan fingerprint density at radius 3 is 3.06 bits per heavy atom. The van der Waals surface area contributed by atoms with Crippen LogP contribution in [0, 0.1) is 6.92 Å². The van der Waals surface area contributed by atoms with Gasteiger partial charge in [0.25, 0.3) is 0 Å². The number of rotatable bonds is 6. The lowest BCUT2D eigenvalue weighted by Gasteiger charge is -2.07. The largest absolute Gasteiger partial charge is 0.380 e. The molecule has 0 radical (unpaired) electrons. The van der Waals surface area contributed by atoms with Crippen molar-refractivity contribution < 1.29 is 9.53 Å². The van der Waals surface area contributed by atoms with Crippen molar-refractivity contribution in [2.75, 3.05) is 25.1 Å². The molecule has 0 atom stereocenters. The Kier molecular flexibility index (Phi) is 5.90. The Hall–Kier alpha value is -1.17. The Morgan fingerprint density at radius 2 is 2.35 bits per heavy atom. The standard InChI is InChI=1S/C11H16ClN3O2/c1-8-6-9(11(12)14-7-8)15-10(16)2-4-17-5-3-13/h6-7H,2-5,13H2,1H3,(H,15,16). The molecule has 0 spiro atoms. The van der Waals surface area contributed by atoms with Crippen LogP contribution in [0.25, 0.3) is 0 Å². The lowest BCUT2D eigenvalue weighted by molar-refractivity contribution is -0.117. The fraction of sp³-hybridized carbons (Fsp3) is 0.455. The second-order valence-electron chi connectivity index (χ2n) is 3.55. The first-order valence-corrected chi connectivity index (χ1v) is 5.71. The second-order valence-corrected chi connectivity index (χ2v) is 3.91. The van der Waals surface area contributed by atoms with Gasteiger partial charge in [-0.3, -0.25) is 4.79 Å². The molecule has 1 aromatic rings. The third kappa shape index (κ3) is 5.12. The second kappa shape index (κ2) is 7.21. The molecular weight excluding hydrogens is 242 g/mol. The number of carbonyl (C=O) groups is 1. The van der Waals surface area contributed by atoms with Gasteiger partial charge in [0.2, 0.25) is 5.91 Å². The molecule has 0 aliphatic carbocycles. The van der Waals surface area contributed by atoms with Crippen molar-refractivity contribution in [2.45, 2.75) is 13.3 Å². The van der Waals surface area contributed by atoms with Gasteiger partial charge in [-0.15, -0.1) is 0 Å². The predicted octanol–water partition coefficient (Wildman–Crippen LogP) is 1.35. The van der Waals surface area contributed by atoms with Crippen molar-refractivity contribution >= 4 is 23.2 Å². The maximum absolute atomic E-state index is 11.5. The third-order valence-corrected chi connectivity index (χ3v) is 2.29. The van der Waals surface area contributed by atoms with E-state index in [-0.39, 0.29) is 17.5 Å². The first kappa shape index (κ1) is 13.9. The molecule has 17 heavy (non-hydrogen) atoms. The van der Waals surface area contributed by atoms with Crippen LogP contribution in [0.1, 0.15) is 12.0 Å². The molecule has 0 saturated carbocycles. The first-order valence-electron chi connectivity index (χ1n) is 5.33. The number of amides is 1. The van der Waals surface area contributed by atoms with Crippen LogP contribution >= 0.6 is 11.6 Å². The molecule has 0 unspecified atom stereocenters. The van der Waals surface area contributed by atoms with Crippen molar-refractivity contribution in [3.63, 3.8) is 0 Å². The van der Waals surface area contributed by atoms with E-state index >= 15 is 0 Å². The molecular formula is C11H16ClN3O2. The average Bonchev–Trinajstić information content (AvgIpc) is 2.29. The maximum atomic E-state index is 11.5. The minimum Gasteiger partial charge on any atom is -0.380 e. The van der Waals surface area contributed by atoms with Crippen LogP contribution in [0.15, 0.2) is 12.3 Å². The van der Waals surface area contributed by atoms with Crippen LogP contribution in [-0.2, 0) is 9.53 Å². The number of ether oxygens (including phenoxy) is 1. The number of nitrogens with zero attached hydrogens (tertiary/aromatic N) is 1. The molecule has 0 bridgehead atoms. The van der Waals surface area contributed by atoms with E-state index in [1.54, 1.807) is 12.3 Å². The smallest absolute Gasteiger partial charge is 0.226 e. The molecule has 1 heterocycles. The van der Waals surface area contributed by atoms with Gasteiger partial charge in [0.1, 0.15) is 0 Å². The molecule has 1 amide bonds. The minimum atomic E-state index is -0.156. The van der Waals surface area contributed by atoms with Gasteiger partial charge in [0.15, 0.2) is 5.15 Å². The van der Waals surface area contributed by atoms with E-state index in [4.69, 9.17) is 22.1 Å². The molecule has 0 aliphatic heterocycles. The summed E-state index contributed by atoms with van der Waals surface area (Å²) >= 11 is 5.85. The fourth-order valence-corrected chi connectivity index (χ4v) is 1.35. The van der Waals surface area contributed by atoms with Gasteiger partial charge in [-0.25, -0.2) is 4.98 Å². The number of aryl methyl sites for hydroxylation is 1. The van der Waals surface area contributed by atoms with Crippen LogP contribution in [0.3, 0.4) is 0 Å². The molecule has 0 fully saturated rings. The van der Waals surface area contributed by atoms with E-state index in [1.807, 2.05) is 6.92 Å². The Balaban J connectivity index is 2.42. The molecule has 0 aliphatic rings. The van der Waals surface area contributed by atoms with Crippen molar-refractivity contribution in [3.8, 4) is 0 Å². The van der Waals surface area contributed by atoms with E-state index in [2.05, 4.69) is 10.3 Å². The predicted molar refractivity (Wildman–Crippen MR) is 67.1 cm³/mol. The lowest BCUT2D eigenvalue weighted by atomic mass is 10.3. The summed E-state index contributed by atoms with van der Waals surface area (Å²) in [5.74, 6) is -0.156. The molecule has 1 rings (SSSR count). The number of nitrogens with one attached hydrogen (secondary N) is 1. The van der Waals surface area contributed by atoms with Gasteiger partial charge in [0, 0.05) is 12.7 Å². The summed E-state index contributed by atoms with van der Waals surface area (Å²) in [7, 11) is 0. The number of anilines is 1. The van der Waals surface area contributed by atoms with Crippen LogP contribution in [0.5, 0.6) is 0 Å². The van der Waals surface area contributed by atoms with Gasteiger partial charge in [0.05, 0.1) is 25.3 Å². The fourth-order valence-electron chi connectivity index (χ4n) is 1.20. The summed E-state index contributed by atoms with van der Waals surface area (Å²) in [6, 6.07) is 1.77. The molecule has 3 N–H and O–H groups in total. The van der Waals surface area contributed by atoms with Gasteiger partial charge in [-0.05, 0) is 18.6 Å². The monoisotopic (exact) mass is 257 g/mol. The Labute approximate surface area is 105 Å². The number of halogens is 1. The summed E-state index contributed by atoms with van der Waals surface area (Å²) in [6.07, 6.45) is 1.91. The normalized spacial score (nSPS) is 10.3. The van der Waals surface area contributed by atoms with E-state index in [0.717, 1.165) is 5.56 Å². The highest BCUT2D eigenvalue weighted by Gasteiger charge is 2.06. The van der Waals surface area contributed by atoms with Crippen molar-refractivity contribution in [3.05, 3.63) is 23.0 Å². The number of pyridine rings is 1. The van der Waals surface area contributed by atoms with Gasteiger partial charge < -0.3 is 15.8 Å². The van der Waals surface area contributed by atoms with E-state index < -0.39 is 0 Å². The van der Waals surface area contributed by atoms with Gasteiger partial charge >= 0.3 is 0 Å². The molecule has 5 nitrogen and oxygen atoms in total. The summed E-state index contributed by atoms with van der Waals surface area (Å²) in [5, 5.41) is 2.97. The summed E-state index contributed by atoms with van der Waals surface area (Å²) in [5.41, 5.74) is 6.71. The first-order chi connectivity index (χ1) is 8.13. The van der Waals surface area contributed by atoms with E-state index in [0.29, 0.717) is 25.4 Å². The molecule has 0 saturated heterocycles. The maximum Gasteiger partial charge on any atom is 0.226 e. The van der Waals surface area contributed by atoms with E-state index in [9.17, 15) is 4.79 Å². The van der Waals surface area contributed by atoms with Crippen molar-refractivity contribution in [1.29, 1.82) is 0 Å². The number of hydrogen-bond acceptors (Lipinski definition) is 4. The van der Waals surface area contributed by atoms with Crippen LogP contribution in [-0.4, -0.2) is 30.6 Å². The SMILES string of the molecule is Cc1cnc(Cl)c(NC(=O)CCOCCN)c1. The topological polar surface area (TPSA) is 77.2 Å². The molecule has 6 heteroatoms. The molecule has 94 valence electrons. The van der Waals surface area contributed by atoms with Crippen molar-refractivity contribution in [2.24, 2.45) is 5.73 Å². The van der Waals surface area contributed by atoms with Gasteiger partial charge in [-0.2, -0.15) is 0 Å². The molecule has 1 aromatic heterocycles. The van der Waals surface area contributed by atoms with Gasteiger partial charge in [-0.1, -0.05) is 11.6 Å². The highest BCUT2D eigenvalue weighted by atomic mass is 35.5. The highest BCUT2D eigenvalue weighted by Crippen LogP contribution is 2.19.